The summed E-state index contributed by atoms with van der Waals surface area (Å²) in [7, 11) is 0. The summed E-state index contributed by atoms with van der Waals surface area (Å²) in [6.07, 6.45) is 3.87. The molecule has 0 atom stereocenters. The van der Waals surface area contributed by atoms with E-state index in [1.54, 1.807) is 6.20 Å². The zero-order chi connectivity index (χ0) is 22.8. The molecule has 0 spiro atoms. The number of benzene rings is 1. The lowest BCUT2D eigenvalue weighted by Gasteiger charge is -2.35. The molecule has 34 heavy (non-hydrogen) atoms. The number of aliphatic hydroxyl groups is 1. The fourth-order valence-corrected chi connectivity index (χ4v) is 4.45. The number of aromatic nitrogens is 2. The standard InChI is InChI=1S/C25H28N4O4.ClH/c1-16-5-6-17-3-2-4-20(23(17)28-16)29-24(30)25(31)9-7-18(8-10-25)26-14-19-13-21-22(15-27-19)33-12-11-32-21;/h2-6,13,15,18,26,31H,7-12,14H2,1H3,(H,29,30);1H/t18-,25-;. The minimum absolute atomic E-state index is 0. The Hall–Kier alpha value is -2.94. The van der Waals surface area contributed by atoms with Crippen molar-refractivity contribution < 1.29 is 19.4 Å². The summed E-state index contributed by atoms with van der Waals surface area (Å²) in [5.41, 5.74) is 1.72. The maximum atomic E-state index is 13.0. The molecule has 2 aliphatic rings. The van der Waals surface area contributed by atoms with E-state index in [0.717, 1.165) is 28.0 Å². The number of amides is 1. The normalized spacial score (nSPS) is 21.5. The van der Waals surface area contributed by atoms with E-state index in [2.05, 4.69) is 20.6 Å². The molecular weight excluding hydrogens is 456 g/mol. The number of nitrogens with zero attached hydrogens (tertiary/aromatic N) is 2. The number of anilines is 1. The first kappa shape index (κ1) is 24.2. The summed E-state index contributed by atoms with van der Waals surface area (Å²) in [5.74, 6) is 1.03. The largest absolute Gasteiger partial charge is 0.486 e. The SMILES string of the molecule is Cc1ccc2cccc(NC(=O)[C@]3(O)CC[C@H](NCc4cc5c(cn4)OCCO5)CC3)c2n1.Cl. The minimum Gasteiger partial charge on any atom is -0.486 e. The number of ether oxygens (including phenoxy) is 2. The Balaban J connectivity index is 0.00000274. The van der Waals surface area contributed by atoms with Crippen molar-refractivity contribution in [3.63, 3.8) is 0 Å². The van der Waals surface area contributed by atoms with E-state index in [4.69, 9.17) is 9.47 Å². The first-order chi connectivity index (χ1) is 16.0. The molecule has 0 radical (unpaired) electrons. The first-order valence-electron chi connectivity index (χ1n) is 11.4. The van der Waals surface area contributed by atoms with Crippen LogP contribution in [-0.2, 0) is 11.3 Å². The number of pyridine rings is 2. The van der Waals surface area contributed by atoms with Gasteiger partial charge in [0.25, 0.3) is 5.91 Å². The van der Waals surface area contributed by atoms with Gasteiger partial charge in [0.2, 0.25) is 0 Å². The van der Waals surface area contributed by atoms with Crippen LogP contribution in [0.2, 0.25) is 0 Å². The molecule has 3 heterocycles. The maximum absolute atomic E-state index is 13.0. The lowest BCUT2D eigenvalue weighted by atomic mass is 9.81. The van der Waals surface area contributed by atoms with Crippen molar-refractivity contribution in [1.82, 2.24) is 15.3 Å². The number of para-hydroxylation sites is 1. The van der Waals surface area contributed by atoms with E-state index >= 15 is 0 Å². The summed E-state index contributed by atoms with van der Waals surface area (Å²) in [5, 5.41) is 18.4. The highest BCUT2D eigenvalue weighted by Crippen LogP contribution is 2.32. The average Bonchev–Trinajstić information content (AvgIpc) is 2.84. The molecule has 3 aromatic rings. The van der Waals surface area contributed by atoms with E-state index < -0.39 is 5.60 Å². The van der Waals surface area contributed by atoms with Crippen LogP contribution in [0.5, 0.6) is 11.5 Å². The smallest absolute Gasteiger partial charge is 0.256 e. The molecule has 0 bridgehead atoms. The number of carbonyl (C=O) groups excluding carboxylic acids is 1. The third-order valence-electron chi connectivity index (χ3n) is 6.40. The predicted octanol–water partition coefficient (Wildman–Crippen LogP) is 3.53. The zero-order valence-electron chi connectivity index (χ0n) is 19.0. The van der Waals surface area contributed by atoms with Gasteiger partial charge in [-0.05, 0) is 44.7 Å². The van der Waals surface area contributed by atoms with Crippen LogP contribution < -0.4 is 20.1 Å². The molecule has 1 aliphatic carbocycles. The van der Waals surface area contributed by atoms with Crippen molar-refractivity contribution in [1.29, 1.82) is 0 Å². The molecule has 0 saturated heterocycles. The fourth-order valence-electron chi connectivity index (χ4n) is 4.45. The Morgan fingerprint density at radius 2 is 1.91 bits per heavy atom. The van der Waals surface area contributed by atoms with E-state index in [9.17, 15) is 9.90 Å². The monoisotopic (exact) mass is 484 g/mol. The molecule has 1 aliphatic heterocycles. The topological polar surface area (TPSA) is 106 Å². The molecule has 1 fully saturated rings. The molecule has 5 rings (SSSR count). The van der Waals surface area contributed by atoms with Crippen LogP contribution in [0.15, 0.2) is 42.6 Å². The van der Waals surface area contributed by atoms with Crippen LogP contribution in [0.25, 0.3) is 10.9 Å². The number of aryl methyl sites for hydroxylation is 1. The molecule has 9 heteroatoms. The lowest BCUT2D eigenvalue weighted by Crippen LogP contribution is -2.48. The van der Waals surface area contributed by atoms with Gasteiger partial charge >= 0.3 is 0 Å². The molecular formula is C25H29ClN4O4. The summed E-state index contributed by atoms with van der Waals surface area (Å²) >= 11 is 0. The van der Waals surface area contributed by atoms with Gasteiger partial charge in [0.15, 0.2) is 11.5 Å². The zero-order valence-corrected chi connectivity index (χ0v) is 19.9. The van der Waals surface area contributed by atoms with Gasteiger partial charge in [0.05, 0.1) is 23.1 Å². The van der Waals surface area contributed by atoms with Crippen LogP contribution in [0.1, 0.15) is 37.1 Å². The molecule has 2 aromatic heterocycles. The highest BCUT2D eigenvalue weighted by atomic mass is 35.5. The van der Waals surface area contributed by atoms with Gasteiger partial charge in [-0.15, -0.1) is 12.4 Å². The number of fused-ring (bicyclic) bond motifs is 2. The van der Waals surface area contributed by atoms with Crippen molar-refractivity contribution in [2.75, 3.05) is 18.5 Å². The van der Waals surface area contributed by atoms with Gasteiger partial charge in [-0.1, -0.05) is 18.2 Å². The van der Waals surface area contributed by atoms with E-state index in [-0.39, 0.29) is 24.4 Å². The molecule has 1 saturated carbocycles. The highest BCUT2D eigenvalue weighted by molar-refractivity contribution is 6.03. The molecule has 1 aromatic carbocycles. The molecule has 180 valence electrons. The van der Waals surface area contributed by atoms with Crippen LogP contribution >= 0.6 is 12.4 Å². The summed E-state index contributed by atoms with van der Waals surface area (Å²) in [6.45, 7) is 3.59. The Kier molecular flexibility index (Phi) is 7.21. The third-order valence-corrected chi connectivity index (χ3v) is 6.40. The van der Waals surface area contributed by atoms with Gasteiger partial charge in [-0.25, -0.2) is 0 Å². The van der Waals surface area contributed by atoms with Crippen molar-refractivity contribution in [3.8, 4) is 11.5 Å². The van der Waals surface area contributed by atoms with Crippen LogP contribution in [-0.4, -0.2) is 45.8 Å². The Bertz CT molecular complexity index is 1180. The Labute approximate surface area is 204 Å². The Morgan fingerprint density at radius 1 is 1.15 bits per heavy atom. The second kappa shape index (κ2) is 10.1. The summed E-state index contributed by atoms with van der Waals surface area (Å²) in [4.78, 5) is 22.0. The third kappa shape index (κ3) is 5.09. The van der Waals surface area contributed by atoms with Crippen molar-refractivity contribution in [2.45, 2.75) is 50.8 Å². The average molecular weight is 485 g/mol. The fraction of sp³-hybridized carbons (Fsp3) is 0.400. The molecule has 3 N–H and O–H groups in total. The molecule has 8 nitrogen and oxygen atoms in total. The van der Waals surface area contributed by atoms with Gasteiger partial charge in [-0.2, -0.15) is 0 Å². The first-order valence-corrected chi connectivity index (χ1v) is 11.4. The number of nitrogens with one attached hydrogen (secondary N) is 2. The predicted molar refractivity (Wildman–Crippen MR) is 132 cm³/mol. The van der Waals surface area contributed by atoms with Crippen molar-refractivity contribution >= 4 is 34.9 Å². The van der Waals surface area contributed by atoms with Gasteiger partial charge in [0, 0.05) is 29.7 Å². The molecule has 0 unspecified atom stereocenters. The number of rotatable bonds is 5. The van der Waals surface area contributed by atoms with E-state index in [0.29, 0.717) is 56.9 Å². The number of halogens is 1. The summed E-state index contributed by atoms with van der Waals surface area (Å²) in [6, 6.07) is 11.7. The van der Waals surface area contributed by atoms with Crippen LogP contribution in [0, 0.1) is 6.92 Å². The number of carbonyl (C=O) groups is 1. The number of hydrogen-bond donors (Lipinski definition) is 3. The number of hydrogen-bond acceptors (Lipinski definition) is 7. The van der Waals surface area contributed by atoms with Crippen molar-refractivity contribution in [3.05, 3.63) is 54.0 Å². The van der Waals surface area contributed by atoms with Crippen molar-refractivity contribution in [2.24, 2.45) is 0 Å². The maximum Gasteiger partial charge on any atom is 0.256 e. The van der Waals surface area contributed by atoms with Crippen LogP contribution in [0.4, 0.5) is 5.69 Å². The van der Waals surface area contributed by atoms with Crippen LogP contribution in [0.3, 0.4) is 0 Å². The molecule has 1 amide bonds. The van der Waals surface area contributed by atoms with E-state index in [1.807, 2.05) is 43.3 Å². The lowest BCUT2D eigenvalue weighted by molar-refractivity contribution is -0.137. The second-order valence-corrected chi connectivity index (χ2v) is 8.79. The second-order valence-electron chi connectivity index (χ2n) is 8.79. The van der Waals surface area contributed by atoms with Gasteiger partial charge in [0.1, 0.15) is 18.8 Å². The minimum atomic E-state index is -1.39. The Morgan fingerprint density at radius 3 is 2.71 bits per heavy atom. The van der Waals surface area contributed by atoms with Gasteiger partial charge < -0.3 is 25.2 Å². The van der Waals surface area contributed by atoms with E-state index in [1.165, 1.54) is 0 Å². The quantitative estimate of drug-likeness (QED) is 0.508. The van der Waals surface area contributed by atoms with Gasteiger partial charge in [-0.3, -0.25) is 14.8 Å². The highest BCUT2D eigenvalue weighted by Gasteiger charge is 2.40. The summed E-state index contributed by atoms with van der Waals surface area (Å²) < 4.78 is 11.1.